The predicted molar refractivity (Wildman–Crippen MR) is 153 cm³/mol. The van der Waals surface area contributed by atoms with E-state index < -0.39 is 0 Å². The van der Waals surface area contributed by atoms with Crippen LogP contribution in [0.1, 0.15) is 62.4 Å². The molecule has 0 radical (unpaired) electrons. The highest BCUT2D eigenvalue weighted by Crippen LogP contribution is 2.43. The first-order valence-electron chi connectivity index (χ1n) is 13.4. The second kappa shape index (κ2) is 9.71. The number of allylic oxidation sites excluding steroid dienone is 1. The first-order valence-corrected chi connectivity index (χ1v) is 13.4. The highest BCUT2D eigenvalue weighted by molar-refractivity contribution is 6.02. The second-order valence-corrected chi connectivity index (χ2v) is 10.5. The van der Waals surface area contributed by atoms with Gasteiger partial charge >= 0.3 is 0 Å². The zero-order valence-corrected chi connectivity index (χ0v) is 22.0. The molecular weight excluding hydrogens is 458 g/mol. The molecule has 0 amide bonds. The molecule has 190 valence electrons. The Morgan fingerprint density at radius 2 is 2.00 bits per heavy atom. The third-order valence-electron chi connectivity index (χ3n) is 8.38. The normalized spacial score (nSPS) is 20.8. The number of fused-ring (bicyclic) bond motifs is 2. The van der Waals surface area contributed by atoms with Crippen molar-refractivity contribution in [1.82, 2.24) is 25.3 Å². The lowest BCUT2D eigenvalue weighted by atomic mass is 9.79. The van der Waals surface area contributed by atoms with E-state index in [-0.39, 0.29) is 0 Å². The molecule has 7 nitrogen and oxygen atoms in total. The lowest BCUT2D eigenvalue weighted by Gasteiger charge is -2.38. The van der Waals surface area contributed by atoms with Gasteiger partial charge in [-0.05, 0) is 69.5 Å². The molecule has 1 saturated heterocycles. The van der Waals surface area contributed by atoms with E-state index in [2.05, 4.69) is 64.1 Å². The van der Waals surface area contributed by atoms with E-state index in [9.17, 15) is 0 Å². The molecule has 0 spiro atoms. The quantitative estimate of drug-likeness (QED) is 0.322. The molecule has 7 heteroatoms. The van der Waals surface area contributed by atoms with Crippen molar-refractivity contribution in [3.8, 4) is 0 Å². The number of piperidine rings is 1. The Kier molecular flexibility index (Phi) is 6.24. The molecule has 37 heavy (non-hydrogen) atoms. The van der Waals surface area contributed by atoms with Crippen molar-refractivity contribution in [3.05, 3.63) is 59.7 Å². The molecular formula is C30H35N7. The largest absolute Gasteiger partial charge is 0.356 e. The van der Waals surface area contributed by atoms with Crippen LogP contribution in [-0.4, -0.2) is 52.8 Å². The van der Waals surface area contributed by atoms with Gasteiger partial charge < -0.3 is 15.2 Å². The van der Waals surface area contributed by atoms with Crippen LogP contribution in [0.5, 0.6) is 0 Å². The summed E-state index contributed by atoms with van der Waals surface area (Å²) in [6, 6.07) is 8.66. The number of aromatic amines is 1. The minimum atomic E-state index is 0.405. The lowest BCUT2D eigenvalue weighted by Crippen LogP contribution is -2.47. The van der Waals surface area contributed by atoms with Crippen LogP contribution >= 0.6 is 0 Å². The maximum absolute atomic E-state index is 5.34. The van der Waals surface area contributed by atoms with Crippen molar-refractivity contribution >= 4 is 45.7 Å². The summed E-state index contributed by atoms with van der Waals surface area (Å²) in [6.45, 7) is 10.3. The molecule has 0 bridgehead atoms. The van der Waals surface area contributed by atoms with Gasteiger partial charge in [0.15, 0.2) is 5.82 Å². The van der Waals surface area contributed by atoms with Crippen molar-refractivity contribution in [3.63, 3.8) is 0 Å². The van der Waals surface area contributed by atoms with Gasteiger partial charge in [0.2, 0.25) is 0 Å². The van der Waals surface area contributed by atoms with Gasteiger partial charge in [-0.15, -0.1) is 0 Å². The van der Waals surface area contributed by atoms with E-state index in [0.717, 1.165) is 64.1 Å². The third-order valence-corrected chi connectivity index (χ3v) is 8.38. The summed E-state index contributed by atoms with van der Waals surface area (Å²) in [4.78, 5) is 25.3. The highest BCUT2D eigenvalue weighted by atomic mass is 15.2. The first kappa shape index (κ1) is 23.8. The van der Waals surface area contributed by atoms with Crippen molar-refractivity contribution < 1.29 is 0 Å². The number of hydrogen-bond acceptors (Lipinski definition) is 6. The van der Waals surface area contributed by atoms with Crippen molar-refractivity contribution in [2.24, 2.45) is 10.9 Å². The van der Waals surface area contributed by atoms with E-state index in [1.54, 1.807) is 0 Å². The maximum Gasteiger partial charge on any atom is 0.162 e. The van der Waals surface area contributed by atoms with Crippen molar-refractivity contribution in [2.75, 3.05) is 25.0 Å². The fraction of sp³-hybridized carbons (Fsp3) is 0.400. The van der Waals surface area contributed by atoms with Gasteiger partial charge in [0, 0.05) is 46.7 Å². The van der Waals surface area contributed by atoms with Crippen LogP contribution in [0.3, 0.4) is 0 Å². The number of para-hydroxylation sites is 1. The van der Waals surface area contributed by atoms with E-state index in [4.69, 9.17) is 9.97 Å². The lowest BCUT2D eigenvalue weighted by molar-refractivity contribution is 0.338. The van der Waals surface area contributed by atoms with E-state index in [1.807, 2.05) is 31.5 Å². The Morgan fingerprint density at radius 1 is 1.16 bits per heavy atom. The van der Waals surface area contributed by atoms with Crippen LogP contribution in [-0.2, 0) is 0 Å². The Labute approximate surface area is 218 Å². The Hall–Kier alpha value is -3.58. The SMILES string of the molecule is C=Nc1[nH]c2ccccc2c1/C(=C\C)c1nc(N(C)C2CCNCC2C)c2c(C3CCC3)cncc2n1. The number of hydrogen-bond donors (Lipinski definition) is 2. The third kappa shape index (κ3) is 4.02. The van der Waals surface area contributed by atoms with Crippen LogP contribution in [0.4, 0.5) is 11.6 Å². The van der Waals surface area contributed by atoms with Crippen LogP contribution in [0, 0.1) is 5.92 Å². The molecule has 2 fully saturated rings. The molecule has 6 rings (SSSR count). The number of nitrogens with zero attached hydrogens (tertiary/aromatic N) is 5. The van der Waals surface area contributed by atoms with E-state index in [1.165, 1.54) is 24.8 Å². The number of aliphatic imine (C=N–C) groups is 1. The molecule has 2 atom stereocenters. The molecule has 2 unspecified atom stereocenters. The van der Waals surface area contributed by atoms with Gasteiger partial charge in [-0.25, -0.2) is 15.0 Å². The predicted octanol–water partition coefficient (Wildman–Crippen LogP) is 5.99. The molecule has 1 aliphatic heterocycles. The molecule has 1 aromatic carbocycles. The number of H-pyrrole nitrogens is 1. The minimum Gasteiger partial charge on any atom is -0.356 e. The zero-order valence-electron chi connectivity index (χ0n) is 22.0. The summed E-state index contributed by atoms with van der Waals surface area (Å²) in [6.07, 6.45) is 10.8. The zero-order chi connectivity index (χ0) is 25.5. The number of rotatable bonds is 6. The first-order chi connectivity index (χ1) is 18.1. The molecule has 2 N–H and O–H groups in total. The molecule has 4 heterocycles. The number of aromatic nitrogens is 4. The van der Waals surface area contributed by atoms with Gasteiger partial charge in [-0.2, -0.15) is 0 Å². The average Bonchev–Trinajstić information content (AvgIpc) is 3.26. The summed E-state index contributed by atoms with van der Waals surface area (Å²) >= 11 is 0. The Morgan fingerprint density at radius 3 is 2.73 bits per heavy atom. The van der Waals surface area contributed by atoms with E-state index >= 15 is 0 Å². The second-order valence-electron chi connectivity index (χ2n) is 10.5. The van der Waals surface area contributed by atoms with Gasteiger partial charge in [0.25, 0.3) is 0 Å². The Balaban J connectivity index is 1.57. The van der Waals surface area contributed by atoms with Crippen LogP contribution in [0.15, 0.2) is 47.7 Å². The van der Waals surface area contributed by atoms with Crippen LogP contribution in [0.25, 0.3) is 27.4 Å². The number of pyridine rings is 1. The van der Waals surface area contributed by atoms with Gasteiger partial charge in [0.1, 0.15) is 11.6 Å². The van der Waals surface area contributed by atoms with Crippen LogP contribution in [0.2, 0.25) is 0 Å². The molecule has 1 aliphatic carbocycles. The number of benzene rings is 1. The average molecular weight is 494 g/mol. The van der Waals surface area contributed by atoms with Gasteiger partial charge in [0.05, 0.1) is 11.7 Å². The molecule has 2 aliphatic rings. The fourth-order valence-electron chi connectivity index (χ4n) is 6.13. The molecule has 3 aromatic heterocycles. The maximum atomic E-state index is 5.34. The van der Waals surface area contributed by atoms with Crippen molar-refractivity contribution in [1.29, 1.82) is 0 Å². The molecule has 4 aromatic rings. The summed E-state index contributed by atoms with van der Waals surface area (Å²) in [7, 11) is 2.21. The topological polar surface area (TPSA) is 82.1 Å². The summed E-state index contributed by atoms with van der Waals surface area (Å²) in [5.41, 5.74) is 5.16. The van der Waals surface area contributed by atoms with Gasteiger partial charge in [-0.1, -0.05) is 37.6 Å². The van der Waals surface area contributed by atoms with Crippen molar-refractivity contribution in [2.45, 2.75) is 51.5 Å². The smallest absolute Gasteiger partial charge is 0.162 e. The highest BCUT2D eigenvalue weighted by Gasteiger charge is 2.31. The monoisotopic (exact) mass is 493 g/mol. The van der Waals surface area contributed by atoms with Gasteiger partial charge in [-0.3, -0.25) is 4.98 Å². The van der Waals surface area contributed by atoms with E-state index in [0.29, 0.717) is 23.7 Å². The molecule has 1 saturated carbocycles. The summed E-state index contributed by atoms with van der Waals surface area (Å²) < 4.78 is 0. The minimum absolute atomic E-state index is 0.405. The van der Waals surface area contributed by atoms with Crippen LogP contribution < -0.4 is 10.2 Å². The number of nitrogens with one attached hydrogen (secondary N) is 2. The number of anilines is 1. The summed E-state index contributed by atoms with van der Waals surface area (Å²) in [5.74, 6) is 3.50. The Bertz CT molecular complexity index is 1500. The fourth-order valence-corrected chi connectivity index (χ4v) is 6.13. The summed E-state index contributed by atoms with van der Waals surface area (Å²) in [5, 5.41) is 5.79. The standard InChI is InChI=1S/C30H35N7/c1-5-20(26-21-11-6-7-12-23(21)34-29(26)31-3)28-35-24-17-33-16-22(19-9-8-10-19)27(24)30(36-28)37(4)25-13-14-32-15-18(25)2/h5-7,11-12,16-19,25,32,34H,3,8-10,13-15H2,1-2,4H3/b20-5+.